The Morgan fingerprint density at radius 2 is 2.22 bits per heavy atom. The fourth-order valence-corrected chi connectivity index (χ4v) is 3.37. The van der Waals surface area contributed by atoms with Crippen molar-refractivity contribution in [2.24, 2.45) is 0 Å². The molecular formula is C18H20FN3O. The van der Waals surface area contributed by atoms with Gasteiger partial charge < -0.3 is 10.1 Å². The zero-order valence-electron chi connectivity index (χ0n) is 13.4. The van der Waals surface area contributed by atoms with Crippen molar-refractivity contribution in [1.82, 2.24) is 4.98 Å². The molecule has 1 aliphatic carbocycles. The number of hydrogen-bond acceptors (Lipinski definition) is 4. The molecule has 2 atom stereocenters. The van der Waals surface area contributed by atoms with Gasteiger partial charge in [-0.1, -0.05) is 0 Å². The number of nitrogens with zero attached hydrogens (tertiary/aromatic N) is 2. The minimum absolute atomic E-state index is 0.218. The average Bonchev–Trinajstić information content (AvgIpc) is 2.55. The Labute approximate surface area is 135 Å². The molecule has 0 radical (unpaired) electrons. The lowest BCUT2D eigenvalue weighted by molar-refractivity contribution is 0.0669. The highest BCUT2D eigenvalue weighted by Gasteiger charge is 2.23. The molecule has 3 rings (SSSR count). The third kappa shape index (κ3) is 3.13. The molecule has 23 heavy (non-hydrogen) atoms. The topological polar surface area (TPSA) is 57.9 Å². The number of fused-ring (bicyclic) bond motifs is 1. The molecule has 5 heteroatoms. The van der Waals surface area contributed by atoms with Gasteiger partial charge in [-0.2, -0.15) is 5.26 Å². The van der Waals surface area contributed by atoms with Crippen LogP contribution in [-0.4, -0.2) is 24.2 Å². The fourth-order valence-electron chi connectivity index (χ4n) is 3.37. The first-order chi connectivity index (χ1) is 11.1. The number of aryl methyl sites for hydroxylation is 1. The van der Waals surface area contributed by atoms with E-state index < -0.39 is 0 Å². The van der Waals surface area contributed by atoms with Gasteiger partial charge in [0, 0.05) is 24.7 Å². The van der Waals surface area contributed by atoms with Crippen LogP contribution in [0.4, 0.5) is 10.1 Å². The van der Waals surface area contributed by atoms with Crippen LogP contribution in [0.15, 0.2) is 18.3 Å². The van der Waals surface area contributed by atoms with Crippen LogP contribution in [0.2, 0.25) is 0 Å². The number of nitrogens with one attached hydrogen (secondary N) is 1. The van der Waals surface area contributed by atoms with Crippen molar-refractivity contribution in [3.8, 4) is 6.07 Å². The van der Waals surface area contributed by atoms with Crippen molar-refractivity contribution >= 4 is 16.6 Å². The second-order valence-electron chi connectivity index (χ2n) is 6.14. The van der Waals surface area contributed by atoms with Crippen molar-refractivity contribution in [2.75, 3.05) is 12.4 Å². The predicted molar refractivity (Wildman–Crippen MR) is 87.8 cm³/mol. The number of rotatable bonds is 3. The van der Waals surface area contributed by atoms with E-state index >= 15 is 0 Å². The van der Waals surface area contributed by atoms with Gasteiger partial charge in [0.25, 0.3) is 0 Å². The second-order valence-corrected chi connectivity index (χ2v) is 6.14. The Kier molecular flexibility index (Phi) is 4.44. The molecule has 1 aromatic carbocycles. The first-order valence-electron chi connectivity index (χ1n) is 7.90. The minimum atomic E-state index is -0.312. The maximum absolute atomic E-state index is 13.8. The predicted octanol–water partition coefficient (Wildman–Crippen LogP) is 3.92. The highest BCUT2D eigenvalue weighted by atomic mass is 19.1. The fraction of sp³-hybridized carbons (Fsp3) is 0.444. The molecule has 0 amide bonds. The van der Waals surface area contributed by atoms with Gasteiger partial charge in [-0.15, -0.1) is 0 Å². The molecule has 1 fully saturated rings. The summed E-state index contributed by atoms with van der Waals surface area (Å²) in [7, 11) is 1.73. The molecule has 0 bridgehead atoms. The zero-order chi connectivity index (χ0) is 16.4. The van der Waals surface area contributed by atoms with Gasteiger partial charge in [-0.3, -0.25) is 4.98 Å². The molecule has 1 aliphatic rings. The van der Waals surface area contributed by atoms with Gasteiger partial charge in [-0.05, 0) is 50.3 Å². The third-order valence-corrected chi connectivity index (χ3v) is 4.56. The smallest absolute Gasteiger partial charge is 0.124 e. The van der Waals surface area contributed by atoms with Crippen molar-refractivity contribution in [3.63, 3.8) is 0 Å². The number of halogens is 1. The lowest BCUT2D eigenvalue weighted by Crippen LogP contribution is -2.31. The van der Waals surface area contributed by atoms with Gasteiger partial charge in [-0.25, -0.2) is 4.39 Å². The Balaban J connectivity index is 2.03. The summed E-state index contributed by atoms with van der Waals surface area (Å²) in [5, 5.41) is 13.5. The van der Waals surface area contributed by atoms with Crippen molar-refractivity contribution in [3.05, 3.63) is 35.3 Å². The second kappa shape index (κ2) is 6.51. The quantitative estimate of drug-likeness (QED) is 0.933. The minimum Gasteiger partial charge on any atom is -0.381 e. The molecule has 1 saturated carbocycles. The molecule has 4 nitrogen and oxygen atoms in total. The summed E-state index contributed by atoms with van der Waals surface area (Å²) in [5.41, 5.74) is 2.63. The Hall–Kier alpha value is -2.19. The van der Waals surface area contributed by atoms with Crippen LogP contribution in [0.5, 0.6) is 0 Å². The van der Waals surface area contributed by atoms with E-state index in [0.717, 1.165) is 36.8 Å². The van der Waals surface area contributed by atoms with Crippen LogP contribution < -0.4 is 5.32 Å². The van der Waals surface area contributed by atoms with Crippen molar-refractivity contribution in [1.29, 1.82) is 5.26 Å². The SMILES string of the molecule is COC1CCCC(Nc2c(C#N)cnc3c(C)cc(F)cc23)C1. The maximum Gasteiger partial charge on any atom is 0.124 e. The summed E-state index contributed by atoms with van der Waals surface area (Å²) in [6.45, 7) is 1.83. The van der Waals surface area contributed by atoms with E-state index in [4.69, 9.17) is 4.74 Å². The summed E-state index contributed by atoms with van der Waals surface area (Å²) in [6, 6.07) is 5.30. The number of methoxy groups -OCH3 is 1. The molecule has 0 saturated heterocycles. The lowest BCUT2D eigenvalue weighted by Gasteiger charge is -2.30. The standard InChI is InChI=1S/C18H20FN3O/c1-11-6-13(19)7-16-17(11)21-10-12(9-20)18(16)22-14-4-3-5-15(8-14)23-2/h6-7,10,14-15H,3-5,8H2,1-2H3,(H,21,22). The largest absolute Gasteiger partial charge is 0.381 e. The van der Waals surface area contributed by atoms with E-state index in [2.05, 4.69) is 16.4 Å². The summed E-state index contributed by atoms with van der Waals surface area (Å²) in [5.74, 6) is -0.312. The van der Waals surface area contributed by atoms with Crippen LogP contribution in [0.3, 0.4) is 0 Å². The summed E-state index contributed by atoms with van der Waals surface area (Å²) in [4.78, 5) is 4.32. The Bertz CT molecular complexity index is 769. The van der Waals surface area contributed by atoms with E-state index in [9.17, 15) is 9.65 Å². The molecule has 120 valence electrons. The number of hydrogen-bond donors (Lipinski definition) is 1. The first kappa shape index (κ1) is 15.7. The molecule has 2 aromatic rings. The van der Waals surface area contributed by atoms with Crippen LogP contribution in [0.1, 0.15) is 36.8 Å². The van der Waals surface area contributed by atoms with Gasteiger partial charge in [0.2, 0.25) is 0 Å². The van der Waals surface area contributed by atoms with Crippen molar-refractivity contribution < 1.29 is 9.13 Å². The highest BCUT2D eigenvalue weighted by molar-refractivity contribution is 5.95. The summed E-state index contributed by atoms with van der Waals surface area (Å²) in [6.07, 6.45) is 5.84. The van der Waals surface area contributed by atoms with Crippen LogP contribution in [0, 0.1) is 24.1 Å². The van der Waals surface area contributed by atoms with Crippen LogP contribution in [-0.2, 0) is 4.74 Å². The number of ether oxygens (including phenoxy) is 1. The average molecular weight is 313 g/mol. The molecular weight excluding hydrogens is 293 g/mol. The molecule has 2 unspecified atom stereocenters. The lowest BCUT2D eigenvalue weighted by atomic mass is 9.92. The van der Waals surface area contributed by atoms with Gasteiger partial charge in [0.15, 0.2) is 0 Å². The highest BCUT2D eigenvalue weighted by Crippen LogP contribution is 2.31. The van der Waals surface area contributed by atoms with E-state index in [1.807, 2.05) is 6.92 Å². The monoisotopic (exact) mass is 313 g/mol. The molecule has 1 N–H and O–H groups in total. The van der Waals surface area contributed by atoms with Gasteiger partial charge >= 0.3 is 0 Å². The molecule has 1 aromatic heterocycles. The van der Waals surface area contributed by atoms with Crippen LogP contribution >= 0.6 is 0 Å². The molecule has 1 heterocycles. The number of anilines is 1. The zero-order valence-corrected chi connectivity index (χ0v) is 13.4. The number of nitriles is 1. The normalized spacial score (nSPS) is 21.1. The third-order valence-electron chi connectivity index (χ3n) is 4.56. The van der Waals surface area contributed by atoms with E-state index in [1.54, 1.807) is 13.3 Å². The van der Waals surface area contributed by atoms with E-state index in [0.29, 0.717) is 16.6 Å². The Morgan fingerprint density at radius 3 is 2.96 bits per heavy atom. The van der Waals surface area contributed by atoms with Crippen LogP contribution in [0.25, 0.3) is 10.9 Å². The number of pyridine rings is 1. The van der Waals surface area contributed by atoms with Crippen molar-refractivity contribution in [2.45, 2.75) is 44.8 Å². The maximum atomic E-state index is 13.8. The first-order valence-corrected chi connectivity index (χ1v) is 7.90. The molecule has 0 aliphatic heterocycles. The number of benzene rings is 1. The Morgan fingerprint density at radius 1 is 1.39 bits per heavy atom. The summed E-state index contributed by atoms with van der Waals surface area (Å²) < 4.78 is 19.3. The molecule has 0 spiro atoms. The van der Waals surface area contributed by atoms with E-state index in [1.165, 1.54) is 12.1 Å². The van der Waals surface area contributed by atoms with Gasteiger partial charge in [0.05, 0.1) is 22.9 Å². The van der Waals surface area contributed by atoms with E-state index in [-0.39, 0.29) is 18.0 Å². The number of aromatic nitrogens is 1. The summed E-state index contributed by atoms with van der Waals surface area (Å²) >= 11 is 0. The van der Waals surface area contributed by atoms with Gasteiger partial charge in [0.1, 0.15) is 11.9 Å².